The average Bonchev–Trinajstić information content (AvgIpc) is 2.53. The van der Waals surface area contributed by atoms with Crippen LogP contribution in [0.15, 0.2) is 29.4 Å². The third-order valence-corrected chi connectivity index (χ3v) is 4.19. The third kappa shape index (κ3) is 4.27. The van der Waals surface area contributed by atoms with Crippen LogP contribution in [-0.2, 0) is 4.79 Å². The van der Waals surface area contributed by atoms with Crippen LogP contribution in [0, 0.1) is 12.8 Å². The van der Waals surface area contributed by atoms with Crippen molar-refractivity contribution in [3.8, 4) is 0 Å². The number of nitrogens with one attached hydrogen (secondary N) is 1. The lowest BCUT2D eigenvalue weighted by Crippen LogP contribution is -2.42. The van der Waals surface area contributed by atoms with Crippen LogP contribution in [0.25, 0.3) is 10.9 Å². The van der Waals surface area contributed by atoms with Gasteiger partial charge in [-0.25, -0.2) is 10.4 Å². The maximum absolute atomic E-state index is 11.9. The minimum absolute atomic E-state index is 0.0966. The minimum Gasteiger partial charge on any atom is -0.320 e. The second-order valence-electron chi connectivity index (χ2n) is 5.71. The smallest absolute Gasteiger partial charge is 0.257 e. The zero-order valence-electron chi connectivity index (χ0n) is 13.5. The standard InChI is InChI=1S/C17H21ClN4O/c1-4-11(3)15(19)17(23)22-20-9-13-8-12-6-5-10(2)7-14(12)21-16(13)18/h5-9,11,15H,4,19H2,1-3H3,(H,22,23)/b20-9+/t11?,15-/m0/s1. The van der Waals surface area contributed by atoms with Crippen molar-refractivity contribution >= 4 is 34.6 Å². The van der Waals surface area contributed by atoms with E-state index in [4.69, 9.17) is 17.3 Å². The van der Waals surface area contributed by atoms with E-state index in [9.17, 15) is 4.79 Å². The first kappa shape index (κ1) is 17.4. The van der Waals surface area contributed by atoms with Gasteiger partial charge in [0.2, 0.25) is 0 Å². The van der Waals surface area contributed by atoms with Crippen molar-refractivity contribution in [2.75, 3.05) is 0 Å². The second-order valence-corrected chi connectivity index (χ2v) is 6.07. The number of nitrogens with zero attached hydrogens (tertiary/aromatic N) is 2. The fourth-order valence-corrected chi connectivity index (χ4v) is 2.31. The highest BCUT2D eigenvalue weighted by Crippen LogP contribution is 2.20. The van der Waals surface area contributed by atoms with Gasteiger partial charge in [0, 0.05) is 10.9 Å². The van der Waals surface area contributed by atoms with Gasteiger partial charge in [-0.1, -0.05) is 44.0 Å². The van der Waals surface area contributed by atoms with Gasteiger partial charge in [0.05, 0.1) is 17.8 Å². The number of rotatable bonds is 5. The van der Waals surface area contributed by atoms with Gasteiger partial charge in [-0.15, -0.1) is 0 Å². The molecule has 1 amide bonds. The van der Waals surface area contributed by atoms with Crippen LogP contribution in [0.2, 0.25) is 5.15 Å². The van der Waals surface area contributed by atoms with E-state index in [1.165, 1.54) is 6.21 Å². The van der Waals surface area contributed by atoms with Crippen molar-refractivity contribution in [1.29, 1.82) is 0 Å². The molecule has 2 aromatic rings. The molecular formula is C17H21ClN4O. The van der Waals surface area contributed by atoms with Crippen LogP contribution in [-0.4, -0.2) is 23.1 Å². The Morgan fingerprint density at radius 1 is 1.48 bits per heavy atom. The molecule has 1 aromatic carbocycles. The largest absolute Gasteiger partial charge is 0.320 e. The molecule has 0 spiro atoms. The Balaban J connectivity index is 2.13. The second kappa shape index (κ2) is 7.53. The predicted molar refractivity (Wildman–Crippen MR) is 94.7 cm³/mol. The lowest BCUT2D eigenvalue weighted by atomic mass is 10.00. The van der Waals surface area contributed by atoms with Crippen molar-refractivity contribution in [1.82, 2.24) is 10.4 Å². The molecule has 1 aromatic heterocycles. The Hall–Kier alpha value is -1.98. The lowest BCUT2D eigenvalue weighted by molar-refractivity contribution is -0.123. The molecule has 0 aliphatic heterocycles. The molecular weight excluding hydrogens is 312 g/mol. The highest BCUT2D eigenvalue weighted by atomic mass is 35.5. The van der Waals surface area contributed by atoms with E-state index < -0.39 is 6.04 Å². The van der Waals surface area contributed by atoms with Crippen LogP contribution >= 0.6 is 11.6 Å². The summed E-state index contributed by atoms with van der Waals surface area (Å²) in [6, 6.07) is 7.25. The molecule has 2 atom stereocenters. The quantitative estimate of drug-likeness (QED) is 0.501. The predicted octanol–water partition coefficient (Wildman–Crippen LogP) is 3.02. The van der Waals surface area contributed by atoms with E-state index in [-0.39, 0.29) is 11.8 Å². The molecule has 0 bridgehead atoms. The van der Waals surface area contributed by atoms with Crippen LogP contribution in [0.4, 0.5) is 0 Å². The summed E-state index contributed by atoms with van der Waals surface area (Å²) in [6.07, 6.45) is 2.31. The maximum atomic E-state index is 11.9. The number of amides is 1. The maximum Gasteiger partial charge on any atom is 0.257 e. The number of aryl methyl sites for hydroxylation is 1. The average molecular weight is 333 g/mol. The number of pyridine rings is 1. The molecule has 1 unspecified atom stereocenters. The van der Waals surface area contributed by atoms with Crippen LogP contribution in [0.3, 0.4) is 0 Å². The Morgan fingerprint density at radius 2 is 2.22 bits per heavy atom. The summed E-state index contributed by atoms with van der Waals surface area (Å²) in [5, 5.41) is 5.24. The van der Waals surface area contributed by atoms with Gasteiger partial charge in [0.1, 0.15) is 5.15 Å². The van der Waals surface area contributed by atoms with Crippen molar-refractivity contribution in [2.24, 2.45) is 16.8 Å². The zero-order valence-corrected chi connectivity index (χ0v) is 14.3. The summed E-state index contributed by atoms with van der Waals surface area (Å²) in [6.45, 7) is 5.92. The highest BCUT2D eigenvalue weighted by molar-refractivity contribution is 6.32. The highest BCUT2D eigenvalue weighted by Gasteiger charge is 2.18. The third-order valence-electron chi connectivity index (χ3n) is 3.89. The molecule has 0 aliphatic carbocycles. The van der Waals surface area contributed by atoms with Gasteiger partial charge in [0.15, 0.2) is 0 Å². The number of carbonyl (C=O) groups is 1. The summed E-state index contributed by atoms with van der Waals surface area (Å²) in [7, 11) is 0. The number of aromatic nitrogens is 1. The van der Waals surface area contributed by atoms with Crippen molar-refractivity contribution in [3.63, 3.8) is 0 Å². The number of hydrogen-bond donors (Lipinski definition) is 2. The summed E-state index contributed by atoms with van der Waals surface area (Å²) < 4.78 is 0. The Kier molecular flexibility index (Phi) is 5.69. The fraction of sp³-hybridized carbons (Fsp3) is 0.353. The Labute approximate surface area is 140 Å². The van der Waals surface area contributed by atoms with Crippen molar-refractivity contribution in [2.45, 2.75) is 33.2 Å². The molecule has 23 heavy (non-hydrogen) atoms. The molecule has 0 fully saturated rings. The van der Waals surface area contributed by atoms with Gasteiger partial charge < -0.3 is 5.73 Å². The monoisotopic (exact) mass is 332 g/mol. The SMILES string of the molecule is CCC(C)[C@H](N)C(=O)N/N=C/c1cc2ccc(C)cc2nc1Cl. The van der Waals surface area contributed by atoms with E-state index in [1.807, 2.05) is 45.0 Å². The number of halogens is 1. The first-order valence-corrected chi connectivity index (χ1v) is 7.95. The first-order valence-electron chi connectivity index (χ1n) is 7.57. The topological polar surface area (TPSA) is 80.4 Å². The number of carbonyl (C=O) groups excluding carboxylic acids is 1. The van der Waals surface area contributed by atoms with Gasteiger partial charge in [0.25, 0.3) is 5.91 Å². The van der Waals surface area contributed by atoms with Crippen molar-refractivity contribution < 1.29 is 4.79 Å². The molecule has 1 heterocycles. The van der Waals surface area contributed by atoms with E-state index >= 15 is 0 Å². The normalized spacial score (nSPS) is 14.1. The van der Waals surface area contributed by atoms with E-state index in [0.29, 0.717) is 10.7 Å². The van der Waals surface area contributed by atoms with E-state index in [1.54, 1.807) is 0 Å². The number of benzene rings is 1. The molecule has 122 valence electrons. The fourth-order valence-electron chi connectivity index (χ4n) is 2.11. The first-order chi connectivity index (χ1) is 10.9. The van der Waals surface area contributed by atoms with Crippen molar-refractivity contribution in [3.05, 3.63) is 40.5 Å². The number of hydrogen-bond acceptors (Lipinski definition) is 4. The molecule has 5 nitrogen and oxygen atoms in total. The summed E-state index contributed by atoms with van der Waals surface area (Å²) >= 11 is 6.17. The molecule has 3 N–H and O–H groups in total. The van der Waals surface area contributed by atoms with E-state index in [0.717, 1.165) is 22.9 Å². The molecule has 2 rings (SSSR count). The molecule has 0 saturated heterocycles. The van der Waals surface area contributed by atoms with Crippen LogP contribution < -0.4 is 11.2 Å². The number of nitrogens with two attached hydrogens (primary N) is 1. The number of hydrazone groups is 1. The Morgan fingerprint density at radius 3 is 2.91 bits per heavy atom. The molecule has 6 heteroatoms. The lowest BCUT2D eigenvalue weighted by Gasteiger charge is -2.15. The summed E-state index contributed by atoms with van der Waals surface area (Å²) in [5.41, 5.74) is 10.9. The van der Waals surface area contributed by atoms with Gasteiger partial charge in [-0.05, 0) is 30.5 Å². The summed E-state index contributed by atoms with van der Waals surface area (Å²) in [5.74, 6) is -0.213. The van der Waals surface area contributed by atoms with E-state index in [2.05, 4.69) is 15.5 Å². The minimum atomic E-state index is -0.578. The summed E-state index contributed by atoms with van der Waals surface area (Å²) in [4.78, 5) is 16.2. The van der Waals surface area contributed by atoms with Gasteiger partial charge in [-0.2, -0.15) is 5.10 Å². The Bertz CT molecular complexity index is 745. The molecule has 0 aliphatic rings. The number of fused-ring (bicyclic) bond motifs is 1. The van der Waals surface area contributed by atoms with Crippen LogP contribution in [0.1, 0.15) is 31.4 Å². The zero-order chi connectivity index (χ0) is 17.0. The molecule has 0 radical (unpaired) electrons. The van der Waals surface area contributed by atoms with Gasteiger partial charge >= 0.3 is 0 Å². The van der Waals surface area contributed by atoms with Gasteiger partial charge in [-0.3, -0.25) is 4.79 Å². The molecule has 0 saturated carbocycles. The van der Waals surface area contributed by atoms with Crippen LogP contribution in [0.5, 0.6) is 0 Å².